The molecule has 2 aromatic carbocycles. The van der Waals surface area contributed by atoms with Gasteiger partial charge in [-0.3, -0.25) is 0 Å². The van der Waals surface area contributed by atoms with E-state index in [9.17, 15) is 0 Å². The van der Waals surface area contributed by atoms with E-state index >= 15 is 0 Å². The maximum Gasteiger partial charge on any atom is 0.138 e. The molecule has 2 nitrogen and oxygen atoms in total. The fourth-order valence-corrected chi connectivity index (χ4v) is 3.40. The first-order valence-electron chi connectivity index (χ1n) is 6.58. The van der Waals surface area contributed by atoms with E-state index in [1.54, 1.807) is 7.11 Å². The summed E-state index contributed by atoms with van der Waals surface area (Å²) in [5.74, 6) is 0.778. The van der Waals surface area contributed by atoms with Crippen molar-refractivity contribution in [1.29, 1.82) is 0 Å². The Bertz CT molecular complexity index is 616. The lowest BCUT2D eigenvalue weighted by molar-refractivity contribution is 0.401. The Kier molecular flexibility index (Phi) is 5.94. The highest BCUT2D eigenvalue weighted by molar-refractivity contribution is 9.10. The van der Waals surface area contributed by atoms with Crippen LogP contribution in [0.2, 0.25) is 10.0 Å². The molecule has 1 atom stereocenters. The summed E-state index contributed by atoms with van der Waals surface area (Å²) in [4.78, 5) is 0. The van der Waals surface area contributed by atoms with Gasteiger partial charge in [-0.25, -0.2) is 0 Å². The number of benzene rings is 2. The molecule has 0 aliphatic heterocycles. The summed E-state index contributed by atoms with van der Waals surface area (Å²) in [7, 11) is 1.66. The highest BCUT2D eigenvalue weighted by Crippen LogP contribution is 2.38. The van der Waals surface area contributed by atoms with Gasteiger partial charge in [0.2, 0.25) is 0 Å². The fraction of sp³-hybridized carbons (Fsp3) is 0.250. The first-order chi connectivity index (χ1) is 10.1. The molecule has 2 rings (SSSR count). The SMILES string of the molecule is CCNC(c1ccc(Cl)cc1)c1cc(Cl)cc(Br)c1OC. The van der Waals surface area contributed by atoms with Crippen LogP contribution in [0.25, 0.3) is 0 Å². The van der Waals surface area contributed by atoms with E-state index in [-0.39, 0.29) is 6.04 Å². The second-order valence-electron chi connectivity index (χ2n) is 4.55. The Morgan fingerprint density at radius 1 is 1.14 bits per heavy atom. The minimum atomic E-state index is -0.0165. The minimum absolute atomic E-state index is 0.0165. The van der Waals surface area contributed by atoms with Crippen molar-refractivity contribution in [2.24, 2.45) is 0 Å². The molecule has 0 saturated carbocycles. The first-order valence-corrected chi connectivity index (χ1v) is 8.13. The number of halogens is 3. The Labute approximate surface area is 143 Å². The molecule has 1 unspecified atom stereocenters. The second kappa shape index (κ2) is 7.50. The lowest BCUT2D eigenvalue weighted by Crippen LogP contribution is -2.22. The van der Waals surface area contributed by atoms with Crippen LogP contribution in [0.5, 0.6) is 5.75 Å². The molecular weight excluding hydrogens is 373 g/mol. The standard InChI is InChI=1S/C16H16BrCl2NO/c1-3-20-15(10-4-6-11(18)7-5-10)13-8-12(19)9-14(17)16(13)21-2/h4-9,15,20H,3H2,1-2H3. The van der Waals surface area contributed by atoms with Crippen LogP contribution in [-0.4, -0.2) is 13.7 Å². The van der Waals surface area contributed by atoms with Crippen LogP contribution in [0, 0.1) is 0 Å². The van der Waals surface area contributed by atoms with Crippen LogP contribution in [0.1, 0.15) is 24.1 Å². The van der Waals surface area contributed by atoms with Gasteiger partial charge in [0.25, 0.3) is 0 Å². The van der Waals surface area contributed by atoms with E-state index in [0.717, 1.165) is 27.9 Å². The highest BCUT2D eigenvalue weighted by Gasteiger charge is 2.20. The van der Waals surface area contributed by atoms with Gasteiger partial charge in [0.05, 0.1) is 17.6 Å². The molecule has 0 spiro atoms. The summed E-state index contributed by atoms with van der Waals surface area (Å²) in [6.07, 6.45) is 0. The van der Waals surface area contributed by atoms with Gasteiger partial charge in [-0.1, -0.05) is 42.3 Å². The molecule has 0 fully saturated rings. The topological polar surface area (TPSA) is 21.3 Å². The zero-order chi connectivity index (χ0) is 15.4. The van der Waals surface area contributed by atoms with Crippen molar-refractivity contribution in [3.63, 3.8) is 0 Å². The lowest BCUT2D eigenvalue weighted by Gasteiger charge is -2.22. The molecule has 0 radical (unpaired) electrons. The van der Waals surface area contributed by atoms with Crippen LogP contribution in [0.15, 0.2) is 40.9 Å². The zero-order valence-corrected chi connectivity index (χ0v) is 14.9. The van der Waals surface area contributed by atoms with Crippen LogP contribution < -0.4 is 10.1 Å². The quantitative estimate of drug-likeness (QED) is 0.733. The van der Waals surface area contributed by atoms with Gasteiger partial charge >= 0.3 is 0 Å². The minimum Gasteiger partial charge on any atom is -0.495 e. The number of hydrogen-bond acceptors (Lipinski definition) is 2. The number of nitrogens with one attached hydrogen (secondary N) is 1. The average molecular weight is 389 g/mol. The molecule has 21 heavy (non-hydrogen) atoms. The van der Waals surface area contributed by atoms with Crippen LogP contribution in [-0.2, 0) is 0 Å². The van der Waals surface area contributed by atoms with Gasteiger partial charge < -0.3 is 10.1 Å². The smallest absolute Gasteiger partial charge is 0.138 e. The van der Waals surface area contributed by atoms with Crippen LogP contribution >= 0.6 is 39.1 Å². The van der Waals surface area contributed by atoms with Crippen molar-refractivity contribution >= 4 is 39.1 Å². The summed E-state index contributed by atoms with van der Waals surface area (Å²) in [6.45, 7) is 2.88. The highest BCUT2D eigenvalue weighted by atomic mass is 79.9. The third kappa shape index (κ3) is 3.92. The van der Waals surface area contributed by atoms with Gasteiger partial charge in [0, 0.05) is 15.6 Å². The van der Waals surface area contributed by atoms with Crippen molar-refractivity contribution in [3.05, 3.63) is 62.0 Å². The molecule has 0 aliphatic carbocycles. The fourth-order valence-electron chi connectivity index (χ4n) is 2.28. The molecule has 0 aromatic heterocycles. The second-order valence-corrected chi connectivity index (χ2v) is 6.28. The number of ether oxygens (including phenoxy) is 1. The van der Waals surface area contributed by atoms with Gasteiger partial charge in [-0.15, -0.1) is 0 Å². The maximum atomic E-state index is 6.20. The Morgan fingerprint density at radius 2 is 1.81 bits per heavy atom. The summed E-state index contributed by atoms with van der Waals surface area (Å²) in [5.41, 5.74) is 2.09. The van der Waals surface area contributed by atoms with E-state index in [4.69, 9.17) is 27.9 Å². The Morgan fingerprint density at radius 3 is 2.38 bits per heavy atom. The van der Waals surface area contributed by atoms with Gasteiger partial charge in [0.1, 0.15) is 5.75 Å². The largest absolute Gasteiger partial charge is 0.495 e. The summed E-state index contributed by atoms with van der Waals surface area (Å²) in [6, 6.07) is 11.5. The number of rotatable bonds is 5. The molecule has 2 aromatic rings. The number of hydrogen-bond donors (Lipinski definition) is 1. The third-order valence-electron chi connectivity index (χ3n) is 3.16. The van der Waals surface area contributed by atoms with Gasteiger partial charge in [-0.05, 0) is 52.3 Å². The van der Waals surface area contributed by atoms with E-state index in [1.165, 1.54) is 0 Å². The van der Waals surface area contributed by atoms with Crippen molar-refractivity contribution in [1.82, 2.24) is 5.32 Å². The maximum absolute atomic E-state index is 6.20. The molecule has 1 N–H and O–H groups in total. The molecule has 0 amide bonds. The van der Waals surface area contributed by atoms with E-state index < -0.39 is 0 Å². The van der Waals surface area contributed by atoms with Gasteiger partial charge in [-0.2, -0.15) is 0 Å². The van der Waals surface area contributed by atoms with Crippen molar-refractivity contribution in [2.75, 3.05) is 13.7 Å². The lowest BCUT2D eigenvalue weighted by atomic mass is 9.97. The monoisotopic (exact) mass is 387 g/mol. The van der Waals surface area contributed by atoms with E-state index in [1.807, 2.05) is 36.4 Å². The molecular formula is C16H16BrCl2NO. The Balaban J connectivity index is 2.54. The molecule has 0 bridgehead atoms. The van der Waals surface area contributed by atoms with E-state index in [0.29, 0.717) is 10.0 Å². The summed E-state index contributed by atoms with van der Waals surface area (Å²) < 4.78 is 6.37. The molecule has 0 aliphatic rings. The van der Waals surface area contributed by atoms with Crippen LogP contribution in [0.3, 0.4) is 0 Å². The summed E-state index contributed by atoms with van der Waals surface area (Å²) in [5, 5.41) is 4.84. The van der Waals surface area contributed by atoms with E-state index in [2.05, 4.69) is 28.2 Å². The predicted molar refractivity (Wildman–Crippen MR) is 92.7 cm³/mol. The average Bonchev–Trinajstić information content (AvgIpc) is 2.45. The van der Waals surface area contributed by atoms with Gasteiger partial charge in [0.15, 0.2) is 0 Å². The van der Waals surface area contributed by atoms with Crippen LogP contribution in [0.4, 0.5) is 0 Å². The number of methoxy groups -OCH3 is 1. The third-order valence-corrected chi connectivity index (χ3v) is 4.22. The molecule has 0 saturated heterocycles. The zero-order valence-electron chi connectivity index (χ0n) is 11.8. The van der Waals surface area contributed by atoms with Crippen molar-refractivity contribution in [3.8, 4) is 5.75 Å². The predicted octanol–water partition coefficient (Wildman–Crippen LogP) is 5.46. The van der Waals surface area contributed by atoms with Crippen molar-refractivity contribution in [2.45, 2.75) is 13.0 Å². The Hall–Kier alpha value is -0.740. The summed E-state index contributed by atoms with van der Waals surface area (Å²) >= 11 is 15.7. The molecule has 0 heterocycles. The first kappa shape index (κ1) is 16.6. The van der Waals surface area contributed by atoms with Crippen molar-refractivity contribution < 1.29 is 4.74 Å². The molecule has 112 valence electrons. The molecule has 5 heteroatoms. The normalized spacial score (nSPS) is 12.2.